The van der Waals surface area contributed by atoms with Crippen LogP contribution in [0.15, 0.2) is 72.5 Å². The monoisotopic (exact) mass is 369 g/mol. The molecule has 3 heterocycles. The lowest BCUT2D eigenvalue weighted by Crippen LogP contribution is -2.24. The summed E-state index contributed by atoms with van der Waals surface area (Å²) >= 11 is 0. The van der Waals surface area contributed by atoms with Gasteiger partial charge in [0.1, 0.15) is 0 Å². The smallest absolute Gasteiger partial charge is 0.0504 e. The maximum atomic E-state index is 3.51. The van der Waals surface area contributed by atoms with Crippen molar-refractivity contribution in [3.05, 3.63) is 89.3 Å². The molecule has 3 aromatic rings. The third-order valence-corrected chi connectivity index (χ3v) is 6.16. The highest BCUT2D eigenvalue weighted by Gasteiger charge is 2.19. The molecule has 1 aromatic heterocycles. The molecule has 1 N–H and O–H groups in total. The number of nitrogens with one attached hydrogen (secondary N) is 1. The Balaban J connectivity index is 1.32. The largest absolute Gasteiger partial charge is 0.347 e. The van der Waals surface area contributed by atoms with Crippen molar-refractivity contribution in [2.45, 2.75) is 25.8 Å². The maximum Gasteiger partial charge on any atom is 0.0504 e. The van der Waals surface area contributed by atoms with Gasteiger partial charge in [0.05, 0.1) is 5.52 Å². The van der Waals surface area contributed by atoms with Gasteiger partial charge in [-0.3, -0.25) is 0 Å². The first kappa shape index (κ1) is 17.3. The van der Waals surface area contributed by atoms with Gasteiger partial charge in [-0.25, -0.2) is 0 Å². The van der Waals surface area contributed by atoms with Crippen LogP contribution < -0.4 is 10.2 Å². The van der Waals surface area contributed by atoms with Crippen molar-refractivity contribution in [3.8, 4) is 0 Å². The molecule has 0 radical (unpaired) electrons. The number of aromatic nitrogens is 1. The molecule has 0 spiro atoms. The van der Waals surface area contributed by atoms with Crippen LogP contribution in [0.2, 0.25) is 0 Å². The lowest BCUT2D eigenvalue weighted by atomic mass is 10.0. The molecular formula is C25H27N3. The molecule has 28 heavy (non-hydrogen) atoms. The van der Waals surface area contributed by atoms with Gasteiger partial charge in [0, 0.05) is 56.1 Å². The van der Waals surface area contributed by atoms with Crippen molar-refractivity contribution in [1.82, 2.24) is 9.88 Å². The highest BCUT2D eigenvalue weighted by atomic mass is 15.1. The van der Waals surface area contributed by atoms with Gasteiger partial charge in [0.2, 0.25) is 0 Å². The van der Waals surface area contributed by atoms with Gasteiger partial charge in [-0.1, -0.05) is 42.5 Å². The van der Waals surface area contributed by atoms with Crippen molar-refractivity contribution < 1.29 is 0 Å². The summed E-state index contributed by atoms with van der Waals surface area (Å²) in [4.78, 5) is 2.34. The quantitative estimate of drug-likeness (QED) is 0.718. The van der Waals surface area contributed by atoms with Gasteiger partial charge >= 0.3 is 0 Å². The molecule has 0 atom stereocenters. The molecule has 142 valence electrons. The fourth-order valence-electron chi connectivity index (χ4n) is 4.51. The van der Waals surface area contributed by atoms with Gasteiger partial charge in [-0.15, -0.1) is 0 Å². The van der Waals surface area contributed by atoms with Crippen LogP contribution in [-0.2, 0) is 26.4 Å². The van der Waals surface area contributed by atoms with Crippen LogP contribution in [0.25, 0.3) is 10.9 Å². The Kier molecular flexibility index (Phi) is 4.53. The van der Waals surface area contributed by atoms with Crippen LogP contribution >= 0.6 is 0 Å². The average Bonchev–Trinajstić information content (AvgIpc) is 3.05. The Morgan fingerprint density at radius 3 is 2.75 bits per heavy atom. The molecule has 0 fully saturated rings. The number of fused-ring (bicyclic) bond motifs is 3. The molecular weight excluding hydrogens is 342 g/mol. The van der Waals surface area contributed by atoms with Crippen LogP contribution in [0.5, 0.6) is 0 Å². The van der Waals surface area contributed by atoms with E-state index >= 15 is 0 Å². The second kappa shape index (κ2) is 7.33. The zero-order valence-corrected chi connectivity index (χ0v) is 16.5. The lowest BCUT2D eigenvalue weighted by molar-refractivity contribution is 0.622. The normalized spacial score (nSPS) is 16.3. The molecule has 0 saturated carbocycles. The molecule has 2 aromatic carbocycles. The first-order valence-electron chi connectivity index (χ1n) is 10.3. The number of aryl methyl sites for hydroxylation is 2. The molecule has 2 aliphatic rings. The Bertz CT molecular complexity index is 1060. The van der Waals surface area contributed by atoms with E-state index in [0.29, 0.717) is 0 Å². The molecule has 3 nitrogen and oxygen atoms in total. The number of hydrogen-bond acceptors (Lipinski definition) is 2. The minimum atomic E-state index is 0.942. The molecule has 0 bridgehead atoms. The third-order valence-electron chi connectivity index (χ3n) is 6.16. The van der Waals surface area contributed by atoms with E-state index in [1.165, 1.54) is 39.0 Å². The number of rotatable bonds is 4. The first-order chi connectivity index (χ1) is 13.8. The summed E-state index contributed by atoms with van der Waals surface area (Å²) in [6.07, 6.45) is 10.2. The summed E-state index contributed by atoms with van der Waals surface area (Å²) in [5, 5.41) is 4.91. The van der Waals surface area contributed by atoms with Crippen LogP contribution in [0.4, 0.5) is 5.69 Å². The van der Waals surface area contributed by atoms with E-state index < -0.39 is 0 Å². The topological polar surface area (TPSA) is 20.2 Å². The van der Waals surface area contributed by atoms with E-state index in [1.54, 1.807) is 0 Å². The molecule has 2 aliphatic heterocycles. The van der Waals surface area contributed by atoms with Gasteiger partial charge in [0.25, 0.3) is 0 Å². The summed E-state index contributed by atoms with van der Waals surface area (Å²) in [5.41, 5.74) is 8.43. The summed E-state index contributed by atoms with van der Waals surface area (Å²) < 4.78 is 2.39. The first-order valence-corrected chi connectivity index (χ1v) is 10.3. The van der Waals surface area contributed by atoms with Crippen LogP contribution in [0.1, 0.15) is 23.2 Å². The predicted molar refractivity (Wildman–Crippen MR) is 118 cm³/mol. The van der Waals surface area contributed by atoms with Crippen LogP contribution in [-0.4, -0.2) is 17.7 Å². The number of allylic oxidation sites excluding steroid dienone is 2. The Labute approximate surface area is 167 Å². The second-order valence-corrected chi connectivity index (χ2v) is 7.85. The Morgan fingerprint density at radius 1 is 1.04 bits per heavy atom. The number of nitrogens with zero attached hydrogens (tertiary/aromatic N) is 2. The van der Waals surface area contributed by atoms with E-state index in [-0.39, 0.29) is 0 Å². The second-order valence-electron chi connectivity index (χ2n) is 7.85. The molecule has 5 rings (SSSR count). The molecule has 0 unspecified atom stereocenters. The van der Waals surface area contributed by atoms with Crippen molar-refractivity contribution in [2.75, 3.05) is 18.0 Å². The molecule has 0 saturated heterocycles. The van der Waals surface area contributed by atoms with E-state index in [2.05, 4.69) is 88.7 Å². The summed E-state index contributed by atoms with van der Waals surface area (Å²) in [6.45, 7) is 3.01. The predicted octanol–water partition coefficient (Wildman–Crippen LogP) is 4.72. The lowest BCUT2D eigenvalue weighted by Gasteiger charge is -2.23. The van der Waals surface area contributed by atoms with Crippen molar-refractivity contribution >= 4 is 16.6 Å². The number of hydrogen-bond donors (Lipinski definition) is 1. The van der Waals surface area contributed by atoms with E-state index in [1.807, 2.05) is 0 Å². The van der Waals surface area contributed by atoms with E-state index in [0.717, 1.165) is 38.9 Å². The highest BCUT2D eigenvalue weighted by molar-refractivity contribution is 5.89. The van der Waals surface area contributed by atoms with Gasteiger partial charge < -0.3 is 14.8 Å². The fraction of sp³-hybridized carbons (Fsp3) is 0.280. The fourth-order valence-corrected chi connectivity index (χ4v) is 4.51. The molecule has 0 aliphatic carbocycles. The van der Waals surface area contributed by atoms with Gasteiger partial charge in [-0.05, 0) is 47.8 Å². The minimum Gasteiger partial charge on any atom is -0.347 e. The Morgan fingerprint density at radius 2 is 1.93 bits per heavy atom. The standard InChI is InChI=1S/C25H27N3/c1-27-24-11-14-26-18-23(24)22-10-9-21(17-25(22)27)28-15-12-20(13-16-28)8-7-19-5-3-2-4-6-19/h2-6,9-10,12-13,15,17,26H,7-8,11,14,16,18H2,1H3. The van der Waals surface area contributed by atoms with Gasteiger partial charge in [0.15, 0.2) is 0 Å². The molecule has 3 heteroatoms. The van der Waals surface area contributed by atoms with Crippen molar-refractivity contribution in [2.24, 2.45) is 7.05 Å². The van der Waals surface area contributed by atoms with Crippen LogP contribution in [0, 0.1) is 0 Å². The van der Waals surface area contributed by atoms with E-state index in [4.69, 9.17) is 0 Å². The highest BCUT2D eigenvalue weighted by Crippen LogP contribution is 2.31. The number of benzene rings is 2. The summed E-state index contributed by atoms with van der Waals surface area (Å²) in [6, 6.07) is 17.7. The minimum absolute atomic E-state index is 0.942. The summed E-state index contributed by atoms with van der Waals surface area (Å²) in [7, 11) is 2.21. The molecule has 0 amide bonds. The zero-order valence-electron chi connectivity index (χ0n) is 16.5. The Hall–Kier alpha value is -2.78. The van der Waals surface area contributed by atoms with Crippen molar-refractivity contribution in [1.29, 1.82) is 0 Å². The van der Waals surface area contributed by atoms with Crippen molar-refractivity contribution in [3.63, 3.8) is 0 Å². The number of anilines is 1. The SMILES string of the molecule is Cn1c2c(c3ccc(N4C=CC(CCc5ccccc5)=CC4)cc31)CNCC2. The maximum absolute atomic E-state index is 3.51. The van der Waals surface area contributed by atoms with Gasteiger partial charge in [-0.2, -0.15) is 0 Å². The van der Waals surface area contributed by atoms with Crippen LogP contribution in [0.3, 0.4) is 0 Å². The zero-order chi connectivity index (χ0) is 18.9. The summed E-state index contributed by atoms with van der Waals surface area (Å²) in [5.74, 6) is 0. The third kappa shape index (κ3) is 3.16. The average molecular weight is 370 g/mol. The van der Waals surface area contributed by atoms with E-state index in [9.17, 15) is 0 Å².